The van der Waals surface area contributed by atoms with Crippen LogP contribution in [0.2, 0.25) is 0 Å². The summed E-state index contributed by atoms with van der Waals surface area (Å²) in [7, 11) is 1.63. The maximum absolute atomic E-state index is 9.11. The van der Waals surface area contributed by atoms with E-state index in [0.717, 1.165) is 22.5 Å². The van der Waals surface area contributed by atoms with Crippen molar-refractivity contribution in [2.45, 2.75) is 20.3 Å². The highest BCUT2D eigenvalue weighted by Crippen LogP contribution is 2.27. The molecule has 4 heteroatoms. The van der Waals surface area contributed by atoms with Crippen LogP contribution in [0, 0.1) is 13.8 Å². The molecule has 0 saturated carbocycles. The van der Waals surface area contributed by atoms with Gasteiger partial charge in [0.2, 0.25) is 5.88 Å². The summed E-state index contributed by atoms with van der Waals surface area (Å²) < 4.78 is 7.25. The van der Waals surface area contributed by atoms with E-state index in [1.165, 1.54) is 0 Å². The van der Waals surface area contributed by atoms with E-state index in [-0.39, 0.29) is 6.61 Å². The Morgan fingerprint density at radius 2 is 2.00 bits per heavy atom. The number of ether oxygens (including phenoxy) is 1. The van der Waals surface area contributed by atoms with Crippen LogP contribution in [0.3, 0.4) is 0 Å². The van der Waals surface area contributed by atoms with E-state index in [2.05, 4.69) is 5.10 Å². The lowest BCUT2D eigenvalue weighted by atomic mass is 10.2. The molecule has 96 valence electrons. The molecule has 18 heavy (non-hydrogen) atoms. The quantitative estimate of drug-likeness (QED) is 0.898. The van der Waals surface area contributed by atoms with Crippen LogP contribution in [-0.2, 0) is 6.42 Å². The van der Waals surface area contributed by atoms with Gasteiger partial charge in [-0.2, -0.15) is 5.10 Å². The molecule has 0 aliphatic heterocycles. The van der Waals surface area contributed by atoms with Crippen LogP contribution in [-0.4, -0.2) is 28.6 Å². The molecule has 0 aliphatic carbocycles. The van der Waals surface area contributed by atoms with Crippen LogP contribution >= 0.6 is 0 Å². The van der Waals surface area contributed by atoms with Crippen molar-refractivity contribution in [2.75, 3.05) is 13.7 Å². The molecular weight excluding hydrogens is 228 g/mol. The first-order valence-electron chi connectivity index (χ1n) is 5.98. The number of aliphatic hydroxyl groups is 1. The third-order valence-electron chi connectivity index (χ3n) is 3.04. The van der Waals surface area contributed by atoms with Crippen molar-refractivity contribution in [2.24, 2.45) is 0 Å². The maximum Gasteiger partial charge on any atom is 0.220 e. The molecule has 0 unspecified atom stereocenters. The number of para-hydroxylation sites is 1. The van der Waals surface area contributed by atoms with Crippen molar-refractivity contribution < 1.29 is 9.84 Å². The van der Waals surface area contributed by atoms with Gasteiger partial charge in [0.1, 0.15) is 0 Å². The number of aliphatic hydroxyl groups excluding tert-OH is 1. The molecule has 0 saturated heterocycles. The highest BCUT2D eigenvalue weighted by molar-refractivity contribution is 5.45. The van der Waals surface area contributed by atoms with Crippen LogP contribution in [0.25, 0.3) is 5.69 Å². The molecule has 0 spiro atoms. The predicted octanol–water partition coefficient (Wildman–Crippen LogP) is 2.03. The molecule has 0 amide bonds. The fraction of sp³-hybridized carbons (Fsp3) is 0.357. The first-order valence-corrected chi connectivity index (χ1v) is 5.98. The molecule has 0 radical (unpaired) electrons. The SMILES string of the molecule is COc1c(CCO)c(C)nn1-c1ccccc1C. The average Bonchev–Trinajstić information content (AvgIpc) is 2.67. The average molecular weight is 246 g/mol. The van der Waals surface area contributed by atoms with Crippen LogP contribution in [0.5, 0.6) is 5.88 Å². The molecule has 2 rings (SSSR count). The van der Waals surface area contributed by atoms with E-state index in [1.54, 1.807) is 11.8 Å². The van der Waals surface area contributed by atoms with Gasteiger partial charge in [-0.15, -0.1) is 0 Å². The fourth-order valence-corrected chi connectivity index (χ4v) is 2.11. The Labute approximate surface area is 107 Å². The molecule has 0 fully saturated rings. The van der Waals surface area contributed by atoms with Crippen LogP contribution < -0.4 is 4.74 Å². The van der Waals surface area contributed by atoms with Gasteiger partial charge < -0.3 is 9.84 Å². The Morgan fingerprint density at radius 3 is 2.61 bits per heavy atom. The van der Waals surface area contributed by atoms with Crippen molar-refractivity contribution in [3.8, 4) is 11.6 Å². The van der Waals surface area contributed by atoms with Crippen LogP contribution in [0.1, 0.15) is 16.8 Å². The highest BCUT2D eigenvalue weighted by Gasteiger charge is 2.17. The Bertz CT molecular complexity index is 547. The zero-order valence-electron chi connectivity index (χ0n) is 11.0. The minimum atomic E-state index is 0.0939. The van der Waals surface area contributed by atoms with E-state index >= 15 is 0 Å². The van der Waals surface area contributed by atoms with E-state index in [4.69, 9.17) is 9.84 Å². The third kappa shape index (κ3) is 2.11. The lowest BCUT2D eigenvalue weighted by Crippen LogP contribution is -2.03. The number of nitrogens with zero attached hydrogens (tertiary/aromatic N) is 2. The van der Waals surface area contributed by atoms with Crippen LogP contribution in [0.4, 0.5) is 0 Å². The topological polar surface area (TPSA) is 47.3 Å². The van der Waals surface area contributed by atoms with Gasteiger partial charge in [-0.05, 0) is 25.5 Å². The van der Waals surface area contributed by atoms with Gasteiger partial charge in [0.25, 0.3) is 0 Å². The summed E-state index contributed by atoms with van der Waals surface area (Å²) in [6.07, 6.45) is 0.556. The van der Waals surface area contributed by atoms with Gasteiger partial charge in [-0.3, -0.25) is 0 Å². The normalized spacial score (nSPS) is 10.7. The van der Waals surface area contributed by atoms with Gasteiger partial charge in [0.05, 0.1) is 18.5 Å². The number of rotatable bonds is 4. The highest BCUT2D eigenvalue weighted by atomic mass is 16.5. The van der Waals surface area contributed by atoms with Crippen molar-refractivity contribution in [3.05, 3.63) is 41.1 Å². The summed E-state index contributed by atoms with van der Waals surface area (Å²) in [5.74, 6) is 0.704. The smallest absolute Gasteiger partial charge is 0.220 e. The van der Waals surface area contributed by atoms with Crippen molar-refractivity contribution in [1.29, 1.82) is 0 Å². The largest absolute Gasteiger partial charge is 0.481 e. The van der Waals surface area contributed by atoms with Crippen molar-refractivity contribution in [1.82, 2.24) is 9.78 Å². The van der Waals surface area contributed by atoms with E-state index in [9.17, 15) is 0 Å². The number of aromatic nitrogens is 2. The summed E-state index contributed by atoms with van der Waals surface area (Å²) in [6, 6.07) is 8.02. The Hall–Kier alpha value is -1.81. The molecule has 0 bridgehead atoms. The molecule has 2 aromatic rings. The second-order valence-corrected chi connectivity index (χ2v) is 4.25. The van der Waals surface area contributed by atoms with Gasteiger partial charge in [0, 0.05) is 18.6 Å². The number of benzene rings is 1. The summed E-state index contributed by atoms with van der Waals surface area (Å²) in [5, 5.41) is 13.6. The van der Waals surface area contributed by atoms with Crippen molar-refractivity contribution in [3.63, 3.8) is 0 Å². The summed E-state index contributed by atoms with van der Waals surface area (Å²) >= 11 is 0. The molecular formula is C14H18N2O2. The monoisotopic (exact) mass is 246 g/mol. The Kier molecular flexibility index (Phi) is 3.67. The zero-order chi connectivity index (χ0) is 13.1. The third-order valence-corrected chi connectivity index (χ3v) is 3.04. The van der Waals surface area contributed by atoms with Crippen LogP contribution in [0.15, 0.2) is 24.3 Å². The number of aryl methyl sites for hydroxylation is 2. The van der Waals surface area contributed by atoms with E-state index in [1.807, 2.05) is 38.1 Å². The minimum Gasteiger partial charge on any atom is -0.481 e. The van der Waals surface area contributed by atoms with E-state index in [0.29, 0.717) is 12.3 Å². The summed E-state index contributed by atoms with van der Waals surface area (Å²) in [4.78, 5) is 0. The molecule has 1 N–H and O–H groups in total. The molecule has 1 aromatic heterocycles. The molecule has 0 aliphatic rings. The van der Waals surface area contributed by atoms with Gasteiger partial charge >= 0.3 is 0 Å². The standard InChI is InChI=1S/C14H18N2O2/c1-10-6-4-5-7-13(10)16-14(18-3)12(8-9-17)11(2)15-16/h4-7,17H,8-9H2,1-3H3. The Morgan fingerprint density at radius 1 is 1.28 bits per heavy atom. The lowest BCUT2D eigenvalue weighted by Gasteiger charge is -2.09. The fourth-order valence-electron chi connectivity index (χ4n) is 2.11. The summed E-state index contributed by atoms with van der Waals surface area (Å²) in [5.41, 5.74) is 3.99. The van der Waals surface area contributed by atoms with Gasteiger partial charge in [-0.25, -0.2) is 4.68 Å². The first-order chi connectivity index (χ1) is 8.69. The molecule has 1 aromatic carbocycles. The second-order valence-electron chi connectivity index (χ2n) is 4.25. The maximum atomic E-state index is 9.11. The van der Waals surface area contributed by atoms with Gasteiger partial charge in [-0.1, -0.05) is 18.2 Å². The van der Waals surface area contributed by atoms with Gasteiger partial charge in [0.15, 0.2) is 0 Å². The van der Waals surface area contributed by atoms with E-state index < -0.39 is 0 Å². The molecule has 4 nitrogen and oxygen atoms in total. The molecule has 0 atom stereocenters. The second kappa shape index (κ2) is 5.23. The summed E-state index contributed by atoms with van der Waals surface area (Å²) in [6.45, 7) is 4.07. The number of hydrogen-bond acceptors (Lipinski definition) is 3. The number of hydrogen-bond donors (Lipinski definition) is 1. The minimum absolute atomic E-state index is 0.0939. The first kappa shape index (κ1) is 12.6. The zero-order valence-corrected chi connectivity index (χ0v) is 11.0. The lowest BCUT2D eigenvalue weighted by molar-refractivity contribution is 0.295. The predicted molar refractivity (Wildman–Crippen MR) is 70.4 cm³/mol. The number of methoxy groups -OCH3 is 1. The molecule has 1 heterocycles. The Balaban J connectivity index is 2.58. The van der Waals surface area contributed by atoms with Crippen molar-refractivity contribution >= 4 is 0 Å².